The van der Waals surface area contributed by atoms with E-state index in [-0.39, 0.29) is 23.6 Å². The number of hydrogen-bond acceptors (Lipinski definition) is 4. The van der Waals surface area contributed by atoms with E-state index < -0.39 is 0 Å². The molecule has 1 aliphatic carbocycles. The molecule has 1 saturated carbocycles. The van der Waals surface area contributed by atoms with Gasteiger partial charge in [0, 0.05) is 23.6 Å². The van der Waals surface area contributed by atoms with Crippen LogP contribution in [0.15, 0.2) is 46.4 Å². The molecule has 0 spiro atoms. The van der Waals surface area contributed by atoms with E-state index in [1.807, 2.05) is 36.7 Å². The first-order chi connectivity index (χ1) is 14.9. The summed E-state index contributed by atoms with van der Waals surface area (Å²) in [5, 5.41) is 20.4. The molecule has 2 aromatic carbocycles. The highest BCUT2D eigenvalue weighted by atomic mass is 16.3. The van der Waals surface area contributed by atoms with E-state index in [4.69, 9.17) is 9.98 Å². The van der Waals surface area contributed by atoms with E-state index >= 15 is 0 Å². The molecule has 4 unspecified atom stereocenters. The Morgan fingerprint density at radius 2 is 1.23 bits per heavy atom. The van der Waals surface area contributed by atoms with Crippen LogP contribution in [-0.2, 0) is 0 Å². The zero-order chi connectivity index (χ0) is 22.4. The number of phenolic OH excluding ortho intramolecular Hbond substituents is 2. The maximum atomic E-state index is 10.2. The van der Waals surface area contributed by atoms with E-state index in [9.17, 15) is 10.2 Å². The number of aliphatic imine (C=N–C) groups is 2. The minimum absolute atomic E-state index is 0.217. The second-order valence-corrected chi connectivity index (χ2v) is 8.93. The van der Waals surface area contributed by atoms with Gasteiger partial charge in [0.15, 0.2) is 0 Å². The van der Waals surface area contributed by atoms with Gasteiger partial charge in [0.2, 0.25) is 0 Å². The first-order valence-corrected chi connectivity index (χ1v) is 11.6. The number of nitrogens with zero attached hydrogens (tertiary/aromatic N) is 2. The van der Waals surface area contributed by atoms with Crippen molar-refractivity contribution >= 4 is 12.4 Å². The predicted molar refractivity (Wildman–Crippen MR) is 130 cm³/mol. The molecule has 4 heteroatoms. The average molecular weight is 421 g/mol. The lowest BCUT2D eigenvalue weighted by atomic mass is 9.97. The lowest BCUT2D eigenvalue weighted by molar-refractivity contribution is 0.473. The van der Waals surface area contributed by atoms with Crippen LogP contribution in [0.3, 0.4) is 0 Å². The zero-order valence-electron chi connectivity index (χ0n) is 19.3. The van der Waals surface area contributed by atoms with Crippen LogP contribution >= 0.6 is 0 Å². The fourth-order valence-electron chi connectivity index (χ4n) is 4.01. The van der Waals surface area contributed by atoms with Crippen molar-refractivity contribution in [3.05, 3.63) is 58.7 Å². The molecule has 2 N–H and O–H groups in total. The minimum Gasteiger partial charge on any atom is -0.507 e. The smallest absolute Gasteiger partial charge is 0.124 e. The van der Waals surface area contributed by atoms with Crippen molar-refractivity contribution in [1.82, 2.24) is 0 Å². The van der Waals surface area contributed by atoms with Crippen LogP contribution in [0.1, 0.15) is 93.9 Å². The van der Waals surface area contributed by atoms with Crippen molar-refractivity contribution in [1.29, 1.82) is 0 Å². The SMILES string of the molecule is CCC(C)c1ccc(O)c(C=NC2CCC(N=Cc3cc(C(C)CC)ccc3O)C2)c1. The van der Waals surface area contributed by atoms with Crippen molar-refractivity contribution in [2.75, 3.05) is 0 Å². The monoisotopic (exact) mass is 420 g/mol. The first-order valence-electron chi connectivity index (χ1n) is 11.6. The van der Waals surface area contributed by atoms with Crippen LogP contribution in [0.4, 0.5) is 0 Å². The molecule has 4 nitrogen and oxygen atoms in total. The van der Waals surface area contributed by atoms with Crippen molar-refractivity contribution in [2.24, 2.45) is 9.98 Å². The molecule has 0 bridgehead atoms. The van der Waals surface area contributed by atoms with E-state index in [0.717, 1.165) is 43.2 Å². The molecule has 4 atom stereocenters. The summed E-state index contributed by atoms with van der Waals surface area (Å²) in [5.41, 5.74) is 4.04. The summed E-state index contributed by atoms with van der Waals surface area (Å²) in [7, 11) is 0. The number of aromatic hydroxyl groups is 2. The van der Waals surface area contributed by atoms with Gasteiger partial charge < -0.3 is 10.2 Å². The van der Waals surface area contributed by atoms with Gasteiger partial charge in [-0.15, -0.1) is 0 Å². The number of hydrogen-bond donors (Lipinski definition) is 2. The van der Waals surface area contributed by atoms with Gasteiger partial charge in [0.1, 0.15) is 11.5 Å². The third-order valence-electron chi connectivity index (χ3n) is 6.69. The standard InChI is InChI=1S/C27H36N2O2/c1-5-18(3)20-7-11-26(30)22(13-20)16-28-24-9-10-25(15-24)29-17-23-14-21(19(4)6-2)8-12-27(23)31/h7-8,11-14,16-19,24-25,30-31H,5-6,9-10,15H2,1-4H3. The van der Waals surface area contributed by atoms with Gasteiger partial charge in [0.25, 0.3) is 0 Å². The fraction of sp³-hybridized carbons (Fsp3) is 0.481. The second-order valence-electron chi connectivity index (χ2n) is 8.93. The summed E-state index contributed by atoms with van der Waals surface area (Å²) in [5.74, 6) is 1.49. The summed E-state index contributed by atoms with van der Waals surface area (Å²) in [4.78, 5) is 9.49. The molecule has 0 saturated heterocycles. The molecule has 0 amide bonds. The first kappa shape index (κ1) is 23.1. The van der Waals surface area contributed by atoms with E-state index in [1.54, 1.807) is 12.1 Å². The summed E-state index contributed by atoms with van der Waals surface area (Å²) in [6.07, 6.45) is 8.65. The van der Waals surface area contributed by atoms with Crippen LogP contribution in [0, 0.1) is 0 Å². The van der Waals surface area contributed by atoms with Gasteiger partial charge in [0.05, 0.1) is 12.1 Å². The molecule has 3 rings (SSSR count). The van der Waals surface area contributed by atoms with Crippen LogP contribution in [0.2, 0.25) is 0 Å². The van der Waals surface area contributed by atoms with Gasteiger partial charge >= 0.3 is 0 Å². The Kier molecular flexibility index (Phi) is 7.89. The fourth-order valence-corrected chi connectivity index (χ4v) is 4.01. The summed E-state index contributed by atoms with van der Waals surface area (Å²) in [6, 6.07) is 12.0. The topological polar surface area (TPSA) is 65.2 Å². The quantitative estimate of drug-likeness (QED) is 0.473. The Balaban J connectivity index is 1.64. The van der Waals surface area contributed by atoms with Crippen molar-refractivity contribution in [2.45, 2.75) is 83.7 Å². The third kappa shape index (κ3) is 5.96. The van der Waals surface area contributed by atoms with Gasteiger partial charge in [-0.2, -0.15) is 0 Å². The summed E-state index contributed by atoms with van der Waals surface area (Å²) in [6.45, 7) is 8.74. The molecule has 2 aromatic rings. The van der Waals surface area contributed by atoms with E-state index in [1.165, 1.54) is 11.1 Å². The molecule has 0 aliphatic heterocycles. The molecule has 1 fully saturated rings. The van der Waals surface area contributed by atoms with Crippen molar-refractivity contribution in [3.8, 4) is 11.5 Å². The molecule has 0 heterocycles. The third-order valence-corrected chi connectivity index (χ3v) is 6.69. The van der Waals surface area contributed by atoms with Crippen LogP contribution < -0.4 is 0 Å². The maximum absolute atomic E-state index is 10.2. The largest absolute Gasteiger partial charge is 0.507 e. The molecular formula is C27H36N2O2. The van der Waals surface area contributed by atoms with Crippen molar-refractivity contribution in [3.63, 3.8) is 0 Å². The number of phenols is 2. The lowest BCUT2D eigenvalue weighted by Crippen LogP contribution is -2.03. The Labute approximate surface area is 186 Å². The average Bonchev–Trinajstić information content (AvgIpc) is 3.24. The van der Waals surface area contributed by atoms with Crippen LogP contribution in [-0.4, -0.2) is 34.7 Å². The zero-order valence-corrected chi connectivity index (χ0v) is 19.3. The highest BCUT2D eigenvalue weighted by Crippen LogP contribution is 2.28. The summed E-state index contributed by atoms with van der Waals surface area (Å²) < 4.78 is 0. The summed E-state index contributed by atoms with van der Waals surface area (Å²) >= 11 is 0. The van der Waals surface area contributed by atoms with Gasteiger partial charge in [-0.1, -0.05) is 39.8 Å². The minimum atomic E-state index is 0.217. The van der Waals surface area contributed by atoms with E-state index in [0.29, 0.717) is 11.8 Å². The Hall–Kier alpha value is -2.62. The normalized spacial score (nSPS) is 21.2. The molecule has 31 heavy (non-hydrogen) atoms. The number of rotatable bonds is 8. The molecule has 0 radical (unpaired) electrons. The second kappa shape index (κ2) is 10.6. The Morgan fingerprint density at radius 3 is 1.61 bits per heavy atom. The van der Waals surface area contributed by atoms with Crippen molar-refractivity contribution < 1.29 is 10.2 Å². The molecule has 166 valence electrons. The van der Waals surface area contributed by atoms with Gasteiger partial charge in [-0.05, 0) is 79.3 Å². The molecule has 1 aliphatic rings. The van der Waals surface area contributed by atoms with Gasteiger partial charge in [-0.3, -0.25) is 9.98 Å². The predicted octanol–water partition coefficient (Wildman–Crippen LogP) is 6.58. The van der Waals surface area contributed by atoms with Gasteiger partial charge in [-0.25, -0.2) is 0 Å². The van der Waals surface area contributed by atoms with E-state index in [2.05, 4.69) is 27.7 Å². The number of benzene rings is 2. The Bertz CT molecular complexity index is 859. The Morgan fingerprint density at radius 1 is 0.806 bits per heavy atom. The van der Waals surface area contributed by atoms with Crippen LogP contribution in [0.25, 0.3) is 0 Å². The molecular weight excluding hydrogens is 384 g/mol. The highest BCUT2D eigenvalue weighted by molar-refractivity contribution is 5.84. The lowest BCUT2D eigenvalue weighted by Gasteiger charge is -2.11. The highest BCUT2D eigenvalue weighted by Gasteiger charge is 2.23. The molecule has 0 aromatic heterocycles. The maximum Gasteiger partial charge on any atom is 0.124 e. The van der Waals surface area contributed by atoms with Crippen LogP contribution in [0.5, 0.6) is 11.5 Å².